The lowest BCUT2D eigenvalue weighted by atomic mass is 9.66. The second-order valence-corrected chi connectivity index (χ2v) is 5.36. The molecule has 1 atom stereocenters. The third kappa shape index (κ3) is 2.27. The minimum absolute atomic E-state index is 0.182. The molecule has 80 valence electrons. The van der Waals surface area contributed by atoms with E-state index in [0.717, 1.165) is 32.1 Å². The lowest BCUT2D eigenvalue weighted by Crippen LogP contribution is -2.42. The van der Waals surface area contributed by atoms with Crippen molar-refractivity contribution in [1.29, 1.82) is 5.26 Å². The van der Waals surface area contributed by atoms with Crippen molar-refractivity contribution < 1.29 is 5.11 Å². The summed E-state index contributed by atoms with van der Waals surface area (Å²) in [7, 11) is 0. The minimum Gasteiger partial charge on any atom is -0.389 e. The molecule has 2 heteroatoms. The third-order valence-corrected chi connectivity index (χ3v) is 3.68. The third-order valence-electron chi connectivity index (χ3n) is 3.68. The predicted octanol–water partition coefficient (Wildman–Crippen LogP) is 2.87. The molecule has 0 spiro atoms. The Balaban J connectivity index is 2.66. The van der Waals surface area contributed by atoms with Crippen LogP contribution >= 0.6 is 0 Å². The van der Waals surface area contributed by atoms with Crippen LogP contribution in [-0.2, 0) is 0 Å². The molecule has 0 aromatic carbocycles. The van der Waals surface area contributed by atoms with Gasteiger partial charge in [-0.25, -0.2) is 0 Å². The molecule has 1 aliphatic carbocycles. The number of nitrogens with zero attached hydrogens (tertiary/aromatic N) is 1. The Hall–Kier alpha value is -0.550. The number of hydrogen-bond acceptors (Lipinski definition) is 2. The Kier molecular flexibility index (Phi) is 3.21. The van der Waals surface area contributed by atoms with Gasteiger partial charge in [-0.3, -0.25) is 0 Å². The highest BCUT2D eigenvalue weighted by molar-refractivity contribution is 5.01. The van der Waals surface area contributed by atoms with Crippen molar-refractivity contribution in [2.75, 3.05) is 0 Å². The number of nitriles is 1. The lowest BCUT2D eigenvalue weighted by molar-refractivity contribution is -0.0561. The molecule has 1 unspecified atom stereocenters. The second kappa shape index (κ2) is 3.90. The minimum atomic E-state index is -0.709. The van der Waals surface area contributed by atoms with Gasteiger partial charge in [0.1, 0.15) is 0 Å². The van der Waals surface area contributed by atoms with E-state index in [-0.39, 0.29) is 5.92 Å². The fourth-order valence-corrected chi connectivity index (χ4v) is 2.30. The average molecular weight is 195 g/mol. The molecule has 0 aliphatic heterocycles. The van der Waals surface area contributed by atoms with Crippen molar-refractivity contribution >= 4 is 0 Å². The van der Waals surface area contributed by atoms with Gasteiger partial charge in [-0.2, -0.15) is 5.26 Å². The summed E-state index contributed by atoms with van der Waals surface area (Å²) in [5.74, 6) is -0.182. The maximum Gasteiger partial charge on any atom is 0.0805 e. The highest BCUT2D eigenvalue weighted by atomic mass is 16.3. The standard InChI is InChI=1S/C12H21NO/c1-4-10(9-13)12(14)7-5-11(2,3)6-8-12/h10,14H,4-8H2,1-3H3. The SMILES string of the molecule is CCC(C#N)C1(O)CCC(C)(C)CC1. The fourth-order valence-electron chi connectivity index (χ4n) is 2.30. The van der Waals surface area contributed by atoms with Gasteiger partial charge in [-0.05, 0) is 37.5 Å². The Labute approximate surface area is 86.9 Å². The van der Waals surface area contributed by atoms with Crippen LogP contribution in [0.5, 0.6) is 0 Å². The summed E-state index contributed by atoms with van der Waals surface area (Å²) in [6.45, 7) is 6.45. The van der Waals surface area contributed by atoms with Gasteiger partial charge in [-0.1, -0.05) is 20.8 Å². The van der Waals surface area contributed by atoms with E-state index in [4.69, 9.17) is 5.26 Å². The largest absolute Gasteiger partial charge is 0.389 e. The Morgan fingerprint density at radius 1 is 1.29 bits per heavy atom. The summed E-state index contributed by atoms with van der Waals surface area (Å²) in [6.07, 6.45) is 4.38. The van der Waals surface area contributed by atoms with Crippen LogP contribution in [-0.4, -0.2) is 10.7 Å². The molecule has 2 nitrogen and oxygen atoms in total. The molecule has 0 saturated heterocycles. The molecular weight excluding hydrogens is 174 g/mol. The molecule has 0 bridgehead atoms. The van der Waals surface area contributed by atoms with Gasteiger partial charge in [0.2, 0.25) is 0 Å². The van der Waals surface area contributed by atoms with Crippen LogP contribution in [0, 0.1) is 22.7 Å². The summed E-state index contributed by atoms with van der Waals surface area (Å²) in [5.41, 5.74) is -0.362. The van der Waals surface area contributed by atoms with Crippen molar-refractivity contribution in [3.63, 3.8) is 0 Å². The molecule has 0 heterocycles. The van der Waals surface area contributed by atoms with Crippen molar-refractivity contribution in [2.45, 2.75) is 58.5 Å². The summed E-state index contributed by atoms with van der Waals surface area (Å²) >= 11 is 0. The van der Waals surface area contributed by atoms with Gasteiger partial charge >= 0.3 is 0 Å². The highest BCUT2D eigenvalue weighted by Gasteiger charge is 2.41. The van der Waals surface area contributed by atoms with Gasteiger partial charge in [0.25, 0.3) is 0 Å². The molecule has 0 aromatic heterocycles. The van der Waals surface area contributed by atoms with Crippen LogP contribution < -0.4 is 0 Å². The van der Waals surface area contributed by atoms with E-state index in [1.807, 2.05) is 6.92 Å². The topological polar surface area (TPSA) is 44.0 Å². The Morgan fingerprint density at radius 3 is 2.14 bits per heavy atom. The molecule has 1 rings (SSSR count). The molecule has 0 radical (unpaired) electrons. The van der Waals surface area contributed by atoms with Crippen molar-refractivity contribution in [3.05, 3.63) is 0 Å². The normalized spacial score (nSPS) is 26.5. The second-order valence-electron chi connectivity index (χ2n) is 5.36. The van der Waals surface area contributed by atoms with Crippen LogP contribution in [0.15, 0.2) is 0 Å². The maximum absolute atomic E-state index is 10.3. The summed E-state index contributed by atoms with van der Waals surface area (Å²) in [5, 5.41) is 19.3. The zero-order valence-electron chi connectivity index (χ0n) is 9.51. The van der Waals surface area contributed by atoms with E-state index in [2.05, 4.69) is 19.9 Å². The number of rotatable bonds is 2. The van der Waals surface area contributed by atoms with Gasteiger partial charge < -0.3 is 5.11 Å². The molecule has 14 heavy (non-hydrogen) atoms. The van der Waals surface area contributed by atoms with Crippen LogP contribution in [0.25, 0.3) is 0 Å². The van der Waals surface area contributed by atoms with E-state index in [9.17, 15) is 5.11 Å². The summed E-state index contributed by atoms with van der Waals surface area (Å²) < 4.78 is 0. The first-order chi connectivity index (χ1) is 6.43. The number of aliphatic hydroxyl groups is 1. The molecule has 0 amide bonds. The van der Waals surface area contributed by atoms with Gasteiger partial charge in [-0.15, -0.1) is 0 Å². The first-order valence-corrected chi connectivity index (χ1v) is 5.55. The molecule has 1 aliphatic rings. The Bertz CT molecular complexity index is 229. The summed E-state index contributed by atoms with van der Waals surface area (Å²) in [6, 6.07) is 2.24. The van der Waals surface area contributed by atoms with Gasteiger partial charge in [0, 0.05) is 0 Å². The van der Waals surface area contributed by atoms with Crippen LogP contribution in [0.1, 0.15) is 52.9 Å². The lowest BCUT2D eigenvalue weighted by Gasteiger charge is -2.42. The molecule has 0 aromatic rings. The van der Waals surface area contributed by atoms with Crippen LogP contribution in [0.3, 0.4) is 0 Å². The van der Waals surface area contributed by atoms with E-state index in [1.165, 1.54) is 0 Å². The highest BCUT2D eigenvalue weighted by Crippen LogP contribution is 2.43. The molecular formula is C12H21NO. The first kappa shape index (κ1) is 11.5. The van der Waals surface area contributed by atoms with Crippen molar-refractivity contribution in [2.24, 2.45) is 11.3 Å². The van der Waals surface area contributed by atoms with E-state index in [0.29, 0.717) is 5.41 Å². The quantitative estimate of drug-likeness (QED) is 0.736. The van der Waals surface area contributed by atoms with Gasteiger partial charge in [0.05, 0.1) is 17.6 Å². The molecule has 1 saturated carbocycles. The van der Waals surface area contributed by atoms with Crippen molar-refractivity contribution in [1.82, 2.24) is 0 Å². The molecule has 1 N–H and O–H groups in total. The van der Waals surface area contributed by atoms with E-state index < -0.39 is 5.60 Å². The fraction of sp³-hybridized carbons (Fsp3) is 0.917. The first-order valence-electron chi connectivity index (χ1n) is 5.55. The van der Waals surface area contributed by atoms with Crippen molar-refractivity contribution in [3.8, 4) is 6.07 Å². The zero-order valence-corrected chi connectivity index (χ0v) is 9.51. The Morgan fingerprint density at radius 2 is 1.79 bits per heavy atom. The zero-order chi connectivity index (χ0) is 10.8. The van der Waals surface area contributed by atoms with Gasteiger partial charge in [0.15, 0.2) is 0 Å². The van der Waals surface area contributed by atoms with E-state index in [1.54, 1.807) is 0 Å². The maximum atomic E-state index is 10.3. The monoisotopic (exact) mass is 195 g/mol. The molecule has 1 fully saturated rings. The average Bonchev–Trinajstić information content (AvgIpc) is 2.13. The van der Waals surface area contributed by atoms with Crippen LogP contribution in [0.2, 0.25) is 0 Å². The number of hydrogen-bond donors (Lipinski definition) is 1. The van der Waals surface area contributed by atoms with E-state index >= 15 is 0 Å². The van der Waals surface area contributed by atoms with Crippen LogP contribution in [0.4, 0.5) is 0 Å². The summed E-state index contributed by atoms with van der Waals surface area (Å²) in [4.78, 5) is 0. The smallest absolute Gasteiger partial charge is 0.0805 e. The predicted molar refractivity (Wildman–Crippen MR) is 56.6 cm³/mol.